The van der Waals surface area contributed by atoms with E-state index in [4.69, 9.17) is 4.98 Å². The van der Waals surface area contributed by atoms with Gasteiger partial charge in [-0.3, -0.25) is 9.69 Å². The van der Waals surface area contributed by atoms with Gasteiger partial charge in [0.25, 0.3) is 5.91 Å². The molecule has 4 heterocycles. The van der Waals surface area contributed by atoms with E-state index in [9.17, 15) is 13.6 Å². The lowest BCUT2D eigenvalue weighted by molar-refractivity contribution is 0.102. The van der Waals surface area contributed by atoms with Gasteiger partial charge in [-0.25, -0.2) is 22.7 Å². The van der Waals surface area contributed by atoms with Crippen LogP contribution in [0.3, 0.4) is 0 Å². The summed E-state index contributed by atoms with van der Waals surface area (Å²) in [6.45, 7) is 5.02. The Morgan fingerprint density at radius 2 is 1.82 bits per heavy atom. The van der Waals surface area contributed by atoms with Crippen molar-refractivity contribution < 1.29 is 18.0 Å². The van der Waals surface area contributed by atoms with Gasteiger partial charge in [0.15, 0.2) is 5.65 Å². The van der Waals surface area contributed by atoms with Crippen molar-refractivity contribution in [1.29, 1.82) is 0 Å². The summed E-state index contributed by atoms with van der Waals surface area (Å²) in [7, 11) is 2.09. The molecule has 4 aromatic rings. The van der Waals surface area contributed by atoms with E-state index in [0.717, 1.165) is 50.3 Å². The molecule has 0 radical (unpaired) electrons. The predicted molar refractivity (Wildman–Crippen MR) is 146 cm³/mol. The van der Waals surface area contributed by atoms with Crippen molar-refractivity contribution in [2.45, 2.75) is 25.4 Å². The molecule has 40 heavy (non-hydrogen) atoms. The van der Waals surface area contributed by atoms with Crippen LogP contribution in [0.25, 0.3) is 5.65 Å². The monoisotopic (exact) mass is 549 g/mol. The fourth-order valence-corrected chi connectivity index (χ4v) is 5.54. The van der Waals surface area contributed by atoms with E-state index in [1.165, 1.54) is 28.9 Å². The lowest BCUT2D eigenvalue weighted by atomic mass is 10.0. The number of aromatic nitrogens is 3. The number of carbonyl (C=O) groups excluding carboxylic acids is 1. The summed E-state index contributed by atoms with van der Waals surface area (Å²) in [5, 5.41) is 6.99. The number of fused-ring (bicyclic) bond motifs is 1. The molecule has 8 nitrogen and oxygen atoms in total. The third kappa shape index (κ3) is 5.26. The van der Waals surface area contributed by atoms with Gasteiger partial charge in [0.2, 0.25) is 0 Å². The summed E-state index contributed by atoms with van der Waals surface area (Å²) in [4.78, 5) is 24.2. The maximum Gasteiger partial charge on any atom is 0.258 e. The first-order chi connectivity index (χ1) is 19.4. The largest absolute Gasteiger partial charge is 0.349 e. The molecule has 2 aromatic carbocycles. The first-order valence-electron chi connectivity index (χ1n) is 13.4. The molecule has 0 aliphatic carbocycles. The summed E-state index contributed by atoms with van der Waals surface area (Å²) < 4.78 is 45.0. The van der Waals surface area contributed by atoms with Crippen molar-refractivity contribution in [2.24, 2.45) is 0 Å². The van der Waals surface area contributed by atoms with E-state index in [2.05, 4.69) is 27.3 Å². The van der Waals surface area contributed by atoms with Gasteiger partial charge in [-0.2, -0.15) is 5.10 Å². The lowest BCUT2D eigenvalue weighted by Gasteiger charge is -2.32. The average Bonchev–Trinajstić information content (AvgIpc) is 3.58. The Hall–Kier alpha value is -3.96. The van der Waals surface area contributed by atoms with Crippen LogP contribution in [0.4, 0.5) is 24.7 Å². The van der Waals surface area contributed by atoms with Crippen molar-refractivity contribution in [3.63, 3.8) is 0 Å². The number of likely N-dealkylation sites (N-methyl/N-ethyl adjacent to an activating group) is 1. The maximum atomic E-state index is 15.0. The highest BCUT2D eigenvalue weighted by Gasteiger charge is 2.30. The first kappa shape index (κ1) is 26.3. The number of nitrogens with one attached hydrogen (secondary N) is 1. The third-order valence-electron chi connectivity index (χ3n) is 7.75. The molecule has 0 bridgehead atoms. The Bertz CT molecular complexity index is 1550. The molecule has 2 saturated heterocycles. The lowest BCUT2D eigenvalue weighted by Crippen LogP contribution is -2.43. The second-order valence-corrected chi connectivity index (χ2v) is 10.5. The fourth-order valence-electron chi connectivity index (χ4n) is 5.54. The van der Waals surface area contributed by atoms with Gasteiger partial charge < -0.3 is 15.1 Å². The van der Waals surface area contributed by atoms with Crippen LogP contribution >= 0.6 is 0 Å². The van der Waals surface area contributed by atoms with Crippen LogP contribution in [0.5, 0.6) is 0 Å². The molecule has 2 aliphatic heterocycles. The number of nitrogens with zero attached hydrogens (tertiary/aromatic N) is 6. The molecule has 2 aromatic heterocycles. The first-order valence-corrected chi connectivity index (χ1v) is 13.4. The van der Waals surface area contributed by atoms with Crippen LogP contribution in [0.1, 0.15) is 40.4 Å². The van der Waals surface area contributed by atoms with E-state index in [1.54, 1.807) is 18.3 Å². The molecule has 1 N–H and O–H groups in total. The van der Waals surface area contributed by atoms with Gasteiger partial charge in [-0.15, -0.1) is 0 Å². The third-order valence-corrected chi connectivity index (χ3v) is 7.75. The minimum absolute atomic E-state index is 0.0705. The Kier molecular flexibility index (Phi) is 7.16. The molecule has 0 spiro atoms. The van der Waals surface area contributed by atoms with E-state index in [0.29, 0.717) is 36.7 Å². The summed E-state index contributed by atoms with van der Waals surface area (Å²) in [5.41, 5.74) is 1.71. The standard InChI is InChI=1S/C29H30F3N7O/c1-36-11-13-37(14-12-36)18-19-4-6-21(24(32)15-19)29(40)34-25-17-33-39-10-8-27(35-28(25)39)38-9-2-3-26(38)22-16-20(30)5-7-23(22)31/h4-8,10,15-17,26H,2-3,9,11-14,18H2,1H3,(H,34,40)/t26-/m1/s1. The van der Waals surface area contributed by atoms with E-state index < -0.39 is 23.4 Å². The van der Waals surface area contributed by atoms with Crippen LogP contribution < -0.4 is 10.2 Å². The van der Waals surface area contributed by atoms with Crippen molar-refractivity contribution in [1.82, 2.24) is 24.4 Å². The summed E-state index contributed by atoms with van der Waals surface area (Å²) in [6, 6.07) is 9.55. The Labute approximate surface area is 230 Å². The number of halogens is 3. The highest BCUT2D eigenvalue weighted by atomic mass is 19.1. The molecule has 2 aliphatic rings. The summed E-state index contributed by atoms with van der Waals surface area (Å²) in [6.07, 6.45) is 4.59. The maximum absolute atomic E-state index is 15.0. The van der Waals surface area contributed by atoms with E-state index in [1.807, 2.05) is 4.90 Å². The molecular weight excluding hydrogens is 519 g/mol. The minimum atomic E-state index is -0.605. The molecule has 1 atom stereocenters. The molecule has 0 unspecified atom stereocenters. The Balaban J connectivity index is 1.20. The van der Waals surface area contributed by atoms with Crippen LogP contribution in [0.2, 0.25) is 0 Å². The second-order valence-electron chi connectivity index (χ2n) is 10.5. The summed E-state index contributed by atoms with van der Waals surface area (Å²) in [5.74, 6) is -1.60. The van der Waals surface area contributed by atoms with E-state index in [-0.39, 0.29) is 17.2 Å². The fraction of sp³-hybridized carbons (Fsp3) is 0.345. The van der Waals surface area contributed by atoms with Crippen molar-refractivity contribution >= 4 is 23.1 Å². The molecule has 1 amide bonds. The molecule has 208 valence electrons. The normalized spacial score (nSPS) is 18.5. The Morgan fingerprint density at radius 3 is 2.62 bits per heavy atom. The van der Waals surface area contributed by atoms with Gasteiger partial charge in [0.1, 0.15) is 29.0 Å². The number of hydrogen-bond donors (Lipinski definition) is 1. The topological polar surface area (TPSA) is 69.0 Å². The zero-order valence-corrected chi connectivity index (χ0v) is 22.2. The molecule has 0 saturated carbocycles. The predicted octanol–water partition coefficient (Wildman–Crippen LogP) is 4.49. The SMILES string of the molecule is CN1CCN(Cc2ccc(C(=O)Nc3cnn4ccc(N5CCC[C@@H]5c5cc(F)ccc5F)nc34)c(F)c2)CC1. The average molecular weight is 550 g/mol. The van der Waals surface area contributed by atoms with Crippen LogP contribution in [-0.2, 0) is 6.54 Å². The number of carbonyl (C=O) groups is 1. The van der Waals surface area contributed by atoms with Crippen molar-refractivity contribution in [3.8, 4) is 0 Å². The number of hydrogen-bond acceptors (Lipinski definition) is 6. The van der Waals surface area contributed by atoms with Crippen LogP contribution in [-0.4, -0.2) is 70.1 Å². The second kappa shape index (κ2) is 10.9. The summed E-state index contributed by atoms with van der Waals surface area (Å²) >= 11 is 0. The van der Waals surface area contributed by atoms with Crippen LogP contribution in [0, 0.1) is 17.5 Å². The van der Waals surface area contributed by atoms with Crippen LogP contribution in [0.15, 0.2) is 54.9 Å². The number of benzene rings is 2. The Morgan fingerprint density at radius 1 is 1.00 bits per heavy atom. The van der Waals surface area contributed by atoms with Gasteiger partial charge in [0.05, 0.1) is 17.8 Å². The number of piperazine rings is 1. The highest BCUT2D eigenvalue weighted by Crippen LogP contribution is 2.37. The van der Waals surface area contributed by atoms with Crippen molar-refractivity contribution in [2.75, 3.05) is 50.0 Å². The molecular formula is C29H30F3N7O. The molecule has 2 fully saturated rings. The van der Waals surface area contributed by atoms with Gasteiger partial charge in [-0.05, 0) is 61.9 Å². The molecule has 11 heteroatoms. The van der Waals surface area contributed by atoms with E-state index >= 15 is 4.39 Å². The zero-order chi connectivity index (χ0) is 27.8. The van der Waals surface area contributed by atoms with Gasteiger partial charge >= 0.3 is 0 Å². The minimum Gasteiger partial charge on any atom is -0.349 e. The number of rotatable bonds is 6. The molecule has 6 rings (SSSR count). The van der Waals surface area contributed by atoms with Gasteiger partial charge in [0, 0.05) is 51.0 Å². The quantitative estimate of drug-likeness (QED) is 0.383. The number of anilines is 2. The van der Waals surface area contributed by atoms with Crippen molar-refractivity contribution in [3.05, 3.63) is 89.0 Å². The van der Waals surface area contributed by atoms with Gasteiger partial charge in [-0.1, -0.05) is 6.07 Å². The smallest absolute Gasteiger partial charge is 0.258 e. The number of amides is 1. The zero-order valence-electron chi connectivity index (χ0n) is 22.2. The highest BCUT2D eigenvalue weighted by molar-refractivity contribution is 6.06.